The summed E-state index contributed by atoms with van der Waals surface area (Å²) >= 11 is 6.50. The Morgan fingerprint density at radius 2 is 2.04 bits per heavy atom. The van der Waals surface area contributed by atoms with Crippen LogP contribution in [-0.2, 0) is 16.8 Å². The number of hydrogen-bond acceptors (Lipinski definition) is 4. The van der Waals surface area contributed by atoms with Crippen molar-refractivity contribution >= 4 is 44.0 Å². The fraction of sp³-hybridized carbons (Fsp3) is 0.350. The molecule has 4 rings (SSSR count). The number of imidazole rings is 1. The number of hydrogen-bond donors (Lipinski definition) is 0. The summed E-state index contributed by atoms with van der Waals surface area (Å²) < 4.78 is 16.3. The molecule has 3 aromatic rings. The van der Waals surface area contributed by atoms with Crippen LogP contribution in [0.2, 0.25) is 5.02 Å². The molecule has 1 aromatic carbocycles. The summed E-state index contributed by atoms with van der Waals surface area (Å²) in [5, 5.41) is 0.572. The number of para-hydroxylation sites is 2. The molecule has 148 valence electrons. The topological polar surface area (TPSA) is 54.3 Å². The lowest BCUT2D eigenvalue weighted by atomic mass is 10.2. The summed E-state index contributed by atoms with van der Waals surface area (Å²) in [7, 11) is -0.196. The number of aromatic nitrogens is 3. The van der Waals surface area contributed by atoms with Crippen molar-refractivity contribution in [3.63, 3.8) is 0 Å². The van der Waals surface area contributed by atoms with Crippen LogP contribution in [0.3, 0.4) is 0 Å². The summed E-state index contributed by atoms with van der Waals surface area (Å²) in [5.41, 5.74) is 2.85. The third kappa shape index (κ3) is 3.38. The molecule has 6 nitrogen and oxygen atoms in total. The van der Waals surface area contributed by atoms with Crippen molar-refractivity contribution in [3.05, 3.63) is 41.6 Å². The second-order valence-electron chi connectivity index (χ2n) is 7.40. The smallest absolute Gasteiger partial charge is 0.142 e. The number of halogens is 1. The molecule has 0 aliphatic carbocycles. The van der Waals surface area contributed by atoms with Crippen molar-refractivity contribution in [1.82, 2.24) is 18.8 Å². The monoisotopic (exact) mass is 417 g/mol. The third-order valence-electron chi connectivity index (χ3n) is 5.30. The fourth-order valence-electron chi connectivity index (χ4n) is 3.76. The lowest BCUT2D eigenvalue weighted by Crippen LogP contribution is -2.53. The van der Waals surface area contributed by atoms with Crippen LogP contribution in [0.25, 0.3) is 22.4 Å². The van der Waals surface area contributed by atoms with Gasteiger partial charge in [-0.15, -0.1) is 0 Å². The molecular formula is C20H24ClN5OS. The minimum Gasteiger partial charge on any atom is -0.351 e. The average Bonchev–Trinajstić information content (AvgIpc) is 2.98. The Balaban J connectivity index is 1.71. The molecule has 2 atom stereocenters. The van der Waals surface area contributed by atoms with E-state index in [0.29, 0.717) is 18.1 Å². The SMILES string of the molecule is C=S(C)(=O)N1CCN(c2cc(-c3nc4ccccc4n3C)c(Cl)cn2)[C@@H](C)C1. The number of rotatable bonds is 3. The number of piperazine rings is 1. The lowest BCUT2D eigenvalue weighted by molar-refractivity contribution is 0.359. The maximum Gasteiger partial charge on any atom is 0.142 e. The van der Waals surface area contributed by atoms with Gasteiger partial charge in [0, 0.05) is 60.4 Å². The molecule has 0 saturated carbocycles. The molecule has 0 N–H and O–H groups in total. The van der Waals surface area contributed by atoms with Crippen LogP contribution in [0, 0.1) is 0 Å². The van der Waals surface area contributed by atoms with E-state index < -0.39 is 9.71 Å². The van der Waals surface area contributed by atoms with Crippen LogP contribution in [0.5, 0.6) is 0 Å². The Morgan fingerprint density at radius 3 is 2.71 bits per heavy atom. The Hall–Kier alpha value is -2.09. The van der Waals surface area contributed by atoms with Crippen molar-refractivity contribution in [3.8, 4) is 11.4 Å². The highest BCUT2D eigenvalue weighted by Gasteiger charge is 2.28. The van der Waals surface area contributed by atoms with Crippen LogP contribution >= 0.6 is 11.6 Å². The minimum atomic E-state index is -2.19. The minimum absolute atomic E-state index is 0.165. The van der Waals surface area contributed by atoms with E-state index >= 15 is 0 Å². The van der Waals surface area contributed by atoms with E-state index in [-0.39, 0.29) is 6.04 Å². The molecule has 1 fully saturated rings. The molecule has 0 amide bonds. The van der Waals surface area contributed by atoms with Crippen molar-refractivity contribution in [2.45, 2.75) is 13.0 Å². The van der Waals surface area contributed by atoms with Crippen LogP contribution in [-0.4, -0.2) is 60.9 Å². The highest BCUT2D eigenvalue weighted by Crippen LogP contribution is 2.32. The molecule has 3 heterocycles. The predicted octanol–water partition coefficient (Wildman–Crippen LogP) is 3.06. The molecular weight excluding hydrogens is 394 g/mol. The van der Waals surface area contributed by atoms with Gasteiger partial charge in [-0.1, -0.05) is 23.7 Å². The molecule has 0 bridgehead atoms. The van der Waals surface area contributed by atoms with Crippen molar-refractivity contribution < 1.29 is 4.21 Å². The zero-order chi connectivity index (χ0) is 20.1. The van der Waals surface area contributed by atoms with E-state index in [1.165, 1.54) is 0 Å². The summed E-state index contributed by atoms with van der Waals surface area (Å²) in [6.07, 6.45) is 3.38. The second kappa shape index (κ2) is 7.06. The molecule has 0 radical (unpaired) electrons. The lowest BCUT2D eigenvalue weighted by Gasteiger charge is -2.41. The molecule has 2 aromatic heterocycles. The highest BCUT2D eigenvalue weighted by atomic mass is 35.5. The van der Waals surface area contributed by atoms with E-state index in [9.17, 15) is 4.21 Å². The fourth-order valence-corrected chi connectivity index (χ4v) is 4.94. The van der Waals surface area contributed by atoms with Gasteiger partial charge in [0.15, 0.2) is 0 Å². The van der Waals surface area contributed by atoms with Crippen LogP contribution in [0.1, 0.15) is 6.92 Å². The zero-order valence-electron chi connectivity index (χ0n) is 16.3. The first-order valence-electron chi connectivity index (χ1n) is 9.17. The van der Waals surface area contributed by atoms with Gasteiger partial charge in [-0.25, -0.2) is 14.3 Å². The number of aryl methyl sites for hydroxylation is 1. The van der Waals surface area contributed by atoms with Crippen molar-refractivity contribution in [2.24, 2.45) is 7.05 Å². The predicted molar refractivity (Wildman–Crippen MR) is 119 cm³/mol. The Bertz CT molecular complexity index is 1140. The molecule has 1 aliphatic heterocycles. The van der Waals surface area contributed by atoms with Crippen LogP contribution < -0.4 is 4.90 Å². The summed E-state index contributed by atoms with van der Waals surface area (Å²) in [6.45, 7) is 4.22. The van der Waals surface area contributed by atoms with Gasteiger partial charge in [0.2, 0.25) is 0 Å². The van der Waals surface area contributed by atoms with E-state index in [1.807, 2.05) is 41.7 Å². The Kier molecular flexibility index (Phi) is 4.85. The Morgan fingerprint density at radius 1 is 1.29 bits per heavy atom. The van der Waals surface area contributed by atoms with Gasteiger partial charge < -0.3 is 9.47 Å². The average molecular weight is 418 g/mol. The third-order valence-corrected chi connectivity index (χ3v) is 7.02. The highest BCUT2D eigenvalue weighted by molar-refractivity contribution is 7.97. The van der Waals surface area contributed by atoms with Gasteiger partial charge in [0.1, 0.15) is 11.6 Å². The number of fused-ring (bicyclic) bond motifs is 1. The summed E-state index contributed by atoms with van der Waals surface area (Å²) in [4.78, 5) is 11.6. The molecule has 1 saturated heterocycles. The summed E-state index contributed by atoms with van der Waals surface area (Å²) in [6, 6.07) is 10.2. The van der Waals surface area contributed by atoms with Crippen molar-refractivity contribution in [2.75, 3.05) is 30.8 Å². The largest absolute Gasteiger partial charge is 0.351 e. The van der Waals surface area contributed by atoms with Gasteiger partial charge in [-0.2, -0.15) is 0 Å². The molecule has 0 spiro atoms. The van der Waals surface area contributed by atoms with Gasteiger partial charge in [0.25, 0.3) is 0 Å². The number of anilines is 1. The summed E-state index contributed by atoms with van der Waals surface area (Å²) in [5.74, 6) is 5.48. The molecule has 1 aliphatic rings. The number of nitrogens with zero attached hydrogens (tertiary/aromatic N) is 5. The molecule has 28 heavy (non-hydrogen) atoms. The normalized spacial score (nSPS) is 20.4. The zero-order valence-corrected chi connectivity index (χ0v) is 17.9. The molecule has 8 heteroatoms. The quantitative estimate of drug-likeness (QED) is 0.614. The van der Waals surface area contributed by atoms with E-state index in [2.05, 4.69) is 27.2 Å². The van der Waals surface area contributed by atoms with Crippen LogP contribution in [0.15, 0.2) is 36.5 Å². The maximum absolute atomic E-state index is 12.3. The Labute approximate surface area is 170 Å². The van der Waals surface area contributed by atoms with Gasteiger partial charge in [0.05, 0.1) is 16.1 Å². The van der Waals surface area contributed by atoms with Gasteiger partial charge >= 0.3 is 0 Å². The first-order valence-corrected chi connectivity index (χ1v) is 11.6. The standard InChI is InChI=1S/C20H24ClN5OS/c1-14-13-25(28(3,4)27)9-10-26(14)19-11-15(16(21)12-22-19)20-23-17-7-5-6-8-18(17)24(20)2/h5-8,11-12,14H,3,9-10,13H2,1-2,4H3/t14-,28?/m0/s1. The van der Waals surface area contributed by atoms with Crippen LogP contribution in [0.4, 0.5) is 5.82 Å². The van der Waals surface area contributed by atoms with E-state index in [1.54, 1.807) is 12.5 Å². The maximum atomic E-state index is 12.3. The second-order valence-corrected chi connectivity index (χ2v) is 10.2. The van der Waals surface area contributed by atoms with Gasteiger partial charge in [-0.05, 0) is 31.0 Å². The first-order chi connectivity index (χ1) is 13.3. The van der Waals surface area contributed by atoms with E-state index in [4.69, 9.17) is 16.6 Å². The number of benzene rings is 1. The number of pyridine rings is 1. The van der Waals surface area contributed by atoms with E-state index in [0.717, 1.165) is 34.8 Å². The first kappa shape index (κ1) is 19.2. The van der Waals surface area contributed by atoms with Gasteiger partial charge in [-0.3, -0.25) is 4.21 Å². The van der Waals surface area contributed by atoms with Crippen molar-refractivity contribution in [1.29, 1.82) is 0 Å². The molecule has 1 unspecified atom stereocenters.